The van der Waals surface area contributed by atoms with Crippen LogP contribution in [-0.4, -0.2) is 49.3 Å². The van der Waals surface area contributed by atoms with Crippen LogP contribution in [0.5, 0.6) is 0 Å². The third-order valence-electron chi connectivity index (χ3n) is 2.36. The van der Waals surface area contributed by atoms with E-state index in [-0.39, 0.29) is 11.6 Å². The summed E-state index contributed by atoms with van der Waals surface area (Å²) in [5, 5.41) is 12.9. The highest BCUT2D eigenvalue weighted by atomic mass is 32.2. The molecule has 0 aliphatic carbocycles. The molecule has 2 heterocycles. The van der Waals surface area contributed by atoms with E-state index in [9.17, 15) is 9.59 Å². The molecule has 1 N–H and O–H groups in total. The highest BCUT2D eigenvalue weighted by Gasteiger charge is 2.35. The lowest BCUT2D eigenvalue weighted by Gasteiger charge is -2.18. The van der Waals surface area contributed by atoms with Crippen molar-refractivity contribution >= 4 is 23.6 Å². The van der Waals surface area contributed by atoms with Crippen molar-refractivity contribution in [2.45, 2.75) is 6.04 Å². The van der Waals surface area contributed by atoms with Crippen molar-refractivity contribution in [3.63, 3.8) is 0 Å². The normalized spacial score (nSPS) is 20.1. The average Bonchev–Trinajstić information content (AvgIpc) is 2.84. The molecule has 0 unspecified atom stereocenters. The first-order valence-electron chi connectivity index (χ1n) is 4.71. The van der Waals surface area contributed by atoms with Gasteiger partial charge in [0.2, 0.25) is 0 Å². The second kappa shape index (κ2) is 4.17. The van der Waals surface area contributed by atoms with E-state index in [4.69, 9.17) is 5.11 Å². The minimum atomic E-state index is -0.964. The molecule has 0 saturated carbocycles. The van der Waals surface area contributed by atoms with Gasteiger partial charge in [-0.3, -0.25) is 9.48 Å². The zero-order chi connectivity index (χ0) is 11.7. The average molecular weight is 241 g/mol. The van der Waals surface area contributed by atoms with Gasteiger partial charge in [-0.2, -0.15) is 5.10 Å². The Morgan fingerprint density at radius 3 is 2.94 bits per heavy atom. The summed E-state index contributed by atoms with van der Waals surface area (Å²) < 4.78 is 1.52. The van der Waals surface area contributed by atoms with Crippen molar-refractivity contribution in [2.24, 2.45) is 7.05 Å². The van der Waals surface area contributed by atoms with Gasteiger partial charge in [-0.1, -0.05) is 0 Å². The van der Waals surface area contributed by atoms with E-state index in [1.54, 1.807) is 19.3 Å². The molecule has 16 heavy (non-hydrogen) atoms. The third-order valence-corrected chi connectivity index (χ3v) is 3.37. The van der Waals surface area contributed by atoms with E-state index in [2.05, 4.69) is 5.10 Å². The number of aryl methyl sites for hydroxylation is 1. The van der Waals surface area contributed by atoms with Crippen LogP contribution in [0, 0.1) is 0 Å². The SMILES string of the molecule is Cn1ccc(C(=O)N2CSC[C@H]2C(=O)O)n1. The first kappa shape index (κ1) is 11.0. The summed E-state index contributed by atoms with van der Waals surface area (Å²) in [7, 11) is 1.71. The van der Waals surface area contributed by atoms with E-state index < -0.39 is 12.0 Å². The Morgan fingerprint density at radius 1 is 1.62 bits per heavy atom. The van der Waals surface area contributed by atoms with Crippen molar-refractivity contribution in [3.05, 3.63) is 18.0 Å². The number of carboxylic acids is 1. The third kappa shape index (κ3) is 1.90. The summed E-state index contributed by atoms with van der Waals surface area (Å²) in [6.45, 7) is 0. The van der Waals surface area contributed by atoms with Gasteiger partial charge in [0, 0.05) is 19.0 Å². The number of aliphatic carboxylic acids is 1. The molecule has 0 aromatic carbocycles. The molecule has 0 spiro atoms. The van der Waals surface area contributed by atoms with E-state index in [0.29, 0.717) is 11.6 Å². The molecule has 86 valence electrons. The fraction of sp³-hybridized carbons (Fsp3) is 0.444. The van der Waals surface area contributed by atoms with Crippen molar-refractivity contribution in [2.75, 3.05) is 11.6 Å². The summed E-state index contributed by atoms with van der Waals surface area (Å²) in [6.07, 6.45) is 1.66. The van der Waals surface area contributed by atoms with Crippen LogP contribution in [0.15, 0.2) is 12.3 Å². The standard InChI is InChI=1S/C9H11N3O3S/c1-11-3-2-6(10-11)8(13)12-5-16-4-7(12)9(14)15/h2-3,7H,4-5H2,1H3,(H,14,15)/t7-/m0/s1. The second-order valence-corrected chi connectivity index (χ2v) is 4.50. The number of hydrogen-bond acceptors (Lipinski definition) is 4. The largest absolute Gasteiger partial charge is 0.480 e. The van der Waals surface area contributed by atoms with Crippen LogP contribution in [0.1, 0.15) is 10.5 Å². The van der Waals surface area contributed by atoms with Crippen LogP contribution in [0.25, 0.3) is 0 Å². The maximum Gasteiger partial charge on any atom is 0.327 e. The molecule has 1 aromatic heterocycles. The number of hydrogen-bond donors (Lipinski definition) is 1. The lowest BCUT2D eigenvalue weighted by atomic mass is 10.2. The summed E-state index contributed by atoms with van der Waals surface area (Å²) in [4.78, 5) is 24.2. The zero-order valence-corrected chi connectivity index (χ0v) is 9.48. The van der Waals surface area contributed by atoms with Gasteiger partial charge in [-0.15, -0.1) is 11.8 Å². The molecule has 1 saturated heterocycles. The first-order chi connectivity index (χ1) is 7.59. The van der Waals surface area contributed by atoms with Crippen LogP contribution in [0.4, 0.5) is 0 Å². The Balaban J connectivity index is 2.18. The lowest BCUT2D eigenvalue weighted by molar-refractivity contribution is -0.140. The quantitative estimate of drug-likeness (QED) is 0.790. The van der Waals surface area contributed by atoms with Crippen molar-refractivity contribution < 1.29 is 14.7 Å². The van der Waals surface area contributed by atoms with Gasteiger partial charge in [-0.05, 0) is 6.07 Å². The van der Waals surface area contributed by atoms with Gasteiger partial charge < -0.3 is 10.0 Å². The van der Waals surface area contributed by atoms with Gasteiger partial charge in [-0.25, -0.2) is 4.79 Å². The van der Waals surface area contributed by atoms with Gasteiger partial charge in [0.25, 0.3) is 5.91 Å². The molecule has 1 aromatic rings. The van der Waals surface area contributed by atoms with E-state index in [0.717, 1.165) is 0 Å². The number of carbonyl (C=O) groups is 2. The molecular weight excluding hydrogens is 230 g/mol. The molecule has 7 heteroatoms. The lowest BCUT2D eigenvalue weighted by Crippen LogP contribution is -2.41. The number of thioether (sulfide) groups is 1. The van der Waals surface area contributed by atoms with Gasteiger partial charge >= 0.3 is 5.97 Å². The molecule has 1 atom stereocenters. The molecule has 0 bridgehead atoms. The fourth-order valence-electron chi connectivity index (χ4n) is 1.52. The number of rotatable bonds is 2. The molecule has 0 radical (unpaired) electrons. The smallest absolute Gasteiger partial charge is 0.327 e. The minimum absolute atomic E-state index is 0.288. The number of carbonyl (C=O) groups excluding carboxylic acids is 1. The van der Waals surface area contributed by atoms with Crippen molar-refractivity contribution in [1.29, 1.82) is 0 Å². The number of amides is 1. The highest BCUT2D eigenvalue weighted by molar-refractivity contribution is 7.99. The van der Waals surface area contributed by atoms with Gasteiger partial charge in [0.1, 0.15) is 11.7 Å². The predicted molar refractivity (Wildman–Crippen MR) is 58.1 cm³/mol. The number of nitrogens with zero attached hydrogens (tertiary/aromatic N) is 3. The fourth-order valence-corrected chi connectivity index (χ4v) is 2.67. The number of carboxylic acid groups (broad SMARTS) is 1. The van der Waals surface area contributed by atoms with Crippen molar-refractivity contribution in [1.82, 2.24) is 14.7 Å². The Kier molecular flexibility index (Phi) is 2.86. The summed E-state index contributed by atoms with van der Waals surface area (Å²) in [5.74, 6) is -0.437. The first-order valence-corrected chi connectivity index (χ1v) is 5.86. The van der Waals surface area contributed by atoms with E-state index in [1.807, 2.05) is 0 Å². The molecule has 1 aliphatic rings. The highest BCUT2D eigenvalue weighted by Crippen LogP contribution is 2.22. The van der Waals surface area contributed by atoms with Crippen LogP contribution in [0.3, 0.4) is 0 Å². The maximum atomic E-state index is 11.9. The molecule has 1 fully saturated rings. The summed E-state index contributed by atoms with van der Waals surface area (Å²) in [6, 6.07) is 0.851. The van der Waals surface area contributed by atoms with E-state index >= 15 is 0 Å². The Morgan fingerprint density at radius 2 is 2.38 bits per heavy atom. The Bertz CT molecular complexity index is 431. The second-order valence-electron chi connectivity index (χ2n) is 3.50. The van der Waals surface area contributed by atoms with E-state index in [1.165, 1.54) is 21.3 Å². The monoisotopic (exact) mass is 241 g/mol. The molecule has 2 rings (SSSR count). The van der Waals surface area contributed by atoms with Gasteiger partial charge in [0.15, 0.2) is 0 Å². The van der Waals surface area contributed by atoms with Gasteiger partial charge in [0.05, 0.1) is 5.88 Å². The van der Waals surface area contributed by atoms with Crippen LogP contribution < -0.4 is 0 Å². The Labute approximate surface area is 96.2 Å². The summed E-state index contributed by atoms with van der Waals surface area (Å²) >= 11 is 1.44. The molecule has 1 amide bonds. The predicted octanol–water partition coefficient (Wildman–Crippen LogP) is 0.0198. The topological polar surface area (TPSA) is 75.4 Å². The maximum absolute atomic E-state index is 11.9. The minimum Gasteiger partial charge on any atom is -0.480 e. The number of aromatic nitrogens is 2. The Hall–Kier alpha value is -1.50. The summed E-state index contributed by atoms with van der Waals surface area (Å²) in [5.41, 5.74) is 0.288. The molecule has 1 aliphatic heterocycles. The van der Waals surface area contributed by atoms with Crippen LogP contribution >= 0.6 is 11.8 Å². The zero-order valence-electron chi connectivity index (χ0n) is 8.66. The van der Waals surface area contributed by atoms with Crippen LogP contribution in [0.2, 0.25) is 0 Å². The molecular formula is C9H11N3O3S. The van der Waals surface area contributed by atoms with Crippen LogP contribution in [-0.2, 0) is 11.8 Å². The molecule has 6 nitrogen and oxygen atoms in total. The van der Waals surface area contributed by atoms with Crippen molar-refractivity contribution in [3.8, 4) is 0 Å².